The number of ether oxygens (including phenoxy) is 1. The number of nitrogens with one attached hydrogen (secondary N) is 1. The zero-order chi connectivity index (χ0) is 14.9. The minimum atomic E-state index is -0.825. The maximum Gasteiger partial charge on any atom is 0.349 e. The highest BCUT2D eigenvalue weighted by molar-refractivity contribution is 9.10. The van der Waals surface area contributed by atoms with Crippen LogP contribution in [0.25, 0.3) is 5.69 Å². The Morgan fingerprint density at radius 3 is 2.70 bits per heavy atom. The van der Waals surface area contributed by atoms with Crippen LogP contribution in [0.5, 0.6) is 5.75 Å². The summed E-state index contributed by atoms with van der Waals surface area (Å²) in [7, 11) is 0. The maximum absolute atomic E-state index is 14.0. The van der Waals surface area contributed by atoms with Crippen molar-refractivity contribution in [3.8, 4) is 11.4 Å². The molecule has 20 heavy (non-hydrogen) atoms. The lowest BCUT2D eigenvalue weighted by molar-refractivity contribution is 0.240. The van der Waals surface area contributed by atoms with Crippen LogP contribution in [0, 0.1) is 5.82 Å². The fraction of sp³-hybridized carbons (Fsp3) is 0.250. The molecule has 1 aromatic heterocycles. The van der Waals surface area contributed by atoms with Gasteiger partial charge in [-0.15, -0.1) is 0 Å². The van der Waals surface area contributed by atoms with Gasteiger partial charge in [-0.2, -0.15) is 9.78 Å². The lowest BCUT2D eigenvalue weighted by Crippen LogP contribution is -2.30. The Kier molecular flexibility index (Phi) is 4.03. The second-order valence-corrected chi connectivity index (χ2v) is 5.11. The molecule has 2 rings (SSSR count). The number of aromatic amines is 1. The molecular weight excluding hydrogens is 333 g/mol. The number of benzene rings is 1. The average Bonchev–Trinajstić information content (AvgIpc) is 2.33. The highest BCUT2D eigenvalue weighted by atomic mass is 79.9. The summed E-state index contributed by atoms with van der Waals surface area (Å²) in [6.45, 7) is 3.64. The SMILES string of the molecule is CC(C)Oc1cc(-n2ncc(=O)[nH]c2=O)c(F)cc1Br. The molecule has 106 valence electrons. The van der Waals surface area contributed by atoms with Crippen molar-refractivity contribution in [3.63, 3.8) is 0 Å². The van der Waals surface area contributed by atoms with Crippen molar-refractivity contribution in [2.75, 3.05) is 0 Å². The van der Waals surface area contributed by atoms with Gasteiger partial charge >= 0.3 is 5.69 Å². The summed E-state index contributed by atoms with van der Waals surface area (Å²) in [5.41, 5.74) is -1.58. The second-order valence-electron chi connectivity index (χ2n) is 4.25. The number of hydrogen-bond donors (Lipinski definition) is 1. The molecule has 1 aromatic carbocycles. The lowest BCUT2D eigenvalue weighted by Gasteiger charge is -2.13. The first-order chi connectivity index (χ1) is 9.38. The van der Waals surface area contributed by atoms with Crippen molar-refractivity contribution >= 4 is 15.9 Å². The predicted octanol–water partition coefficient (Wildman–Crippen LogP) is 1.61. The number of H-pyrrole nitrogens is 1. The highest BCUT2D eigenvalue weighted by Crippen LogP contribution is 2.30. The van der Waals surface area contributed by atoms with Gasteiger partial charge in [0.05, 0.1) is 10.6 Å². The van der Waals surface area contributed by atoms with E-state index < -0.39 is 17.1 Å². The number of halogens is 2. The third kappa shape index (κ3) is 2.96. The first-order valence-electron chi connectivity index (χ1n) is 5.73. The summed E-state index contributed by atoms with van der Waals surface area (Å²) >= 11 is 3.18. The molecule has 0 fully saturated rings. The fourth-order valence-corrected chi connectivity index (χ4v) is 1.96. The first kappa shape index (κ1) is 14.4. The fourth-order valence-electron chi connectivity index (χ4n) is 1.55. The minimum absolute atomic E-state index is 0.106. The van der Waals surface area contributed by atoms with Crippen LogP contribution < -0.4 is 16.0 Å². The largest absolute Gasteiger partial charge is 0.490 e. The highest BCUT2D eigenvalue weighted by Gasteiger charge is 2.14. The quantitative estimate of drug-likeness (QED) is 0.918. The van der Waals surface area contributed by atoms with E-state index in [1.54, 1.807) is 0 Å². The summed E-state index contributed by atoms with van der Waals surface area (Å²) in [6, 6.07) is 2.51. The molecule has 0 aliphatic carbocycles. The summed E-state index contributed by atoms with van der Waals surface area (Å²) in [5.74, 6) is -0.300. The topological polar surface area (TPSA) is 77.0 Å². The maximum atomic E-state index is 14.0. The first-order valence-corrected chi connectivity index (χ1v) is 6.52. The molecule has 1 N–H and O–H groups in total. The molecule has 0 aliphatic heterocycles. The van der Waals surface area contributed by atoms with Gasteiger partial charge in [-0.1, -0.05) is 0 Å². The van der Waals surface area contributed by atoms with Gasteiger partial charge in [0.1, 0.15) is 23.5 Å². The molecule has 0 amide bonds. The molecule has 0 saturated heterocycles. The predicted molar refractivity (Wildman–Crippen MR) is 73.9 cm³/mol. The van der Waals surface area contributed by atoms with Crippen LogP contribution in [0.1, 0.15) is 13.8 Å². The van der Waals surface area contributed by atoms with Crippen molar-refractivity contribution in [3.05, 3.63) is 49.5 Å². The summed E-state index contributed by atoms with van der Waals surface area (Å²) in [5, 5.41) is 3.61. The Morgan fingerprint density at radius 1 is 1.40 bits per heavy atom. The zero-order valence-electron chi connectivity index (χ0n) is 10.7. The molecule has 0 spiro atoms. The van der Waals surface area contributed by atoms with E-state index in [1.807, 2.05) is 18.8 Å². The van der Waals surface area contributed by atoms with Gasteiger partial charge in [-0.3, -0.25) is 9.78 Å². The Morgan fingerprint density at radius 2 is 2.10 bits per heavy atom. The van der Waals surface area contributed by atoms with Crippen molar-refractivity contribution in [1.82, 2.24) is 14.8 Å². The average molecular weight is 344 g/mol. The third-order valence-corrected chi connectivity index (χ3v) is 2.92. The summed E-state index contributed by atoms with van der Waals surface area (Å²) in [4.78, 5) is 24.6. The van der Waals surface area contributed by atoms with E-state index in [0.717, 1.165) is 10.9 Å². The molecule has 2 aromatic rings. The van der Waals surface area contributed by atoms with Crippen molar-refractivity contribution in [1.29, 1.82) is 0 Å². The van der Waals surface area contributed by atoms with Gasteiger partial charge in [-0.25, -0.2) is 9.18 Å². The molecule has 0 unspecified atom stereocenters. The molecule has 0 atom stereocenters. The minimum Gasteiger partial charge on any atom is -0.490 e. The van der Waals surface area contributed by atoms with E-state index in [-0.39, 0.29) is 11.8 Å². The van der Waals surface area contributed by atoms with Crippen LogP contribution >= 0.6 is 15.9 Å². The molecule has 0 saturated carbocycles. The van der Waals surface area contributed by atoms with E-state index in [4.69, 9.17) is 4.74 Å². The molecule has 0 radical (unpaired) electrons. The van der Waals surface area contributed by atoms with Crippen LogP contribution in [0.2, 0.25) is 0 Å². The van der Waals surface area contributed by atoms with Crippen molar-refractivity contribution in [2.45, 2.75) is 20.0 Å². The molecule has 0 bridgehead atoms. The van der Waals surface area contributed by atoms with Gasteiger partial charge in [0.15, 0.2) is 0 Å². The number of aromatic nitrogens is 3. The molecule has 8 heteroatoms. The van der Waals surface area contributed by atoms with Crippen molar-refractivity contribution in [2.24, 2.45) is 0 Å². The van der Waals surface area contributed by atoms with E-state index >= 15 is 0 Å². The normalized spacial score (nSPS) is 10.8. The Bertz CT molecular complexity index is 754. The van der Waals surface area contributed by atoms with Gasteiger partial charge in [0.2, 0.25) is 0 Å². The Hall–Kier alpha value is -1.96. The van der Waals surface area contributed by atoms with Crippen LogP contribution in [0.15, 0.2) is 32.4 Å². The second kappa shape index (κ2) is 5.58. The smallest absolute Gasteiger partial charge is 0.349 e. The Labute approximate surface area is 121 Å². The van der Waals surface area contributed by atoms with Crippen LogP contribution in [0.4, 0.5) is 4.39 Å². The van der Waals surface area contributed by atoms with E-state index in [2.05, 4.69) is 21.0 Å². The molecule has 0 aliphatic rings. The van der Waals surface area contributed by atoms with Gasteiger partial charge in [0.25, 0.3) is 5.56 Å². The van der Waals surface area contributed by atoms with E-state index in [9.17, 15) is 14.0 Å². The zero-order valence-corrected chi connectivity index (χ0v) is 12.3. The molecule has 6 nitrogen and oxygen atoms in total. The van der Waals surface area contributed by atoms with E-state index in [0.29, 0.717) is 10.2 Å². The third-order valence-electron chi connectivity index (χ3n) is 2.31. The Balaban J connectivity index is 2.61. The molecule has 1 heterocycles. The summed E-state index contributed by atoms with van der Waals surface area (Å²) in [6.07, 6.45) is 0.774. The molecular formula is C12H11BrFN3O3. The monoisotopic (exact) mass is 343 g/mol. The number of hydrogen-bond acceptors (Lipinski definition) is 4. The number of rotatable bonds is 3. The standard InChI is InChI=1S/C12H11BrFN3O3/c1-6(2)20-10-4-9(8(14)3-7(10)13)17-12(19)16-11(18)5-15-17/h3-6H,1-2H3,(H,16,18,19). The van der Waals surface area contributed by atoms with E-state index in [1.165, 1.54) is 12.1 Å². The summed E-state index contributed by atoms with van der Waals surface area (Å²) < 4.78 is 20.6. The van der Waals surface area contributed by atoms with Gasteiger partial charge in [0, 0.05) is 6.07 Å². The van der Waals surface area contributed by atoms with Gasteiger partial charge < -0.3 is 4.74 Å². The lowest BCUT2D eigenvalue weighted by atomic mass is 10.3. The van der Waals surface area contributed by atoms with Crippen molar-refractivity contribution < 1.29 is 9.13 Å². The number of nitrogens with zero attached hydrogens (tertiary/aromatic N) is 2. The van der Waals surface area contributed by atoms with Crippen LogP contribution in [-0.4, -0.2) is 20.9 Å². The van der Waals surface area contributed by atoms with Crippen LogP contribution in [-0.2, 0) is 0 Å². The van der Waals surface area contributed by atoms with Crippen LogP contribution in [0.3, 0.4) is 0 Å². The van der Waals surface area contributed by atoms with Gasteiger partial charge in [-0.05, 0) is 35.8 Å².